The van der Waals surface area contributed by atoms with E-state index in [9.17, 15) is 14.4 Å². The minimum atomic E-state index is -0.803. The molecule has 6 nitrogen and oxygen atoms in total. The van der Waals surface area contributed by atoms with Crippen molar-refractivity contribution < 1.29 is 28.6 Å². The molecular weight excluding hydrogens is 745 g/mol. The molecule has 0 amide bonds. The van der Waals surface area contributed by atoms with Gasteiger partial charge in [0.25, 0.3) is 0 Å². The first-order chi connectivity index (χ1) is 29.5. The summed E-state index contributed by atoms with van der Waals surface area (Å²) in [6, 6.07) is 0. The topological polar surface area (TPSA) is 78.9 Å². The van der Waals surface area contributed by atoms with Crippen molar-refractivity contribution in [3.8, 4) is 0 Å². The van der Waals surface area contributed by atoms with Gasteiger partial charge in [-0.1, -0.05) is 194 Å². The first kappa shape index (κ1) is 56.1. The lowest BCUT2D eigenvalue weighted by atomic mass is 10.1. The number of hydrogen-bond donors (Lipinski definition) is 0. The molecule has 1 atom stereocenters. The van der Waals surface area contributed by atoms with E-state index in [-0.39, 0.29) is 31.1 Å². The zero-order chi connectivity index (χ0) is 43.7. The SMILES string of the molecule is CC\C=C/C=C\C=C/CCCCCCCC(=O)OCC(COC(=O)CCCCCCCC/C=C\C/C=C\C/C=C\CC)OC(=O)CCCCCCC\C=C/C=C\C=C/CC. The predicted octanol–water partition coefficient (Wildman–Crippen LogP) is 15.6. The van der Waals surface area contributed by atoms with Crippen LogP contribution in [-0.2, 0) is 28.6 Å². The highest BCUT2D eigenvalue weighted by molar-refractivity contribution is 5.71. The van der Waals surface area contributed by atoms with E-state index in [1.807, 2.05) is 12.2 Å². The Bertz CT molecular complexity index is 1280. The van der Waals surface area contributed by atoms with E-state index in [1.54, 1.807) is 0 Å². The average Bonchev–Trinajstić information content (AvgIpc) is 3.24. The molecule has 0 saturated carbocycles. The molecular formula is C54H86O6. The summed E-state index contributed by atoms with van der Waals surface area (Å²) in [5, 5.41) is 0. The Kier molecular flexibility index (Phi) is 44.6. The Morgan fingerprint density at radius 1 is 0.350 bits per heavy atom. The van der Waals surface area contributed by atoms with Gasteiger partial charge in [-0.3, -0.25) is 14.4 Å². The van der Waals surface area contributed by atoms with Gasteiger partial charge in [-0.2, -0.15) is 0 Å². The molecule has 0 aliphatic heterocycles. The van der Waals surface area contributed by atoms with Crippen LogP contribution in [0.2, 0.25) is 0 Å². The molecule has 0 radical (unpaired) electrons. The van der Waals surface area contributed by atoms with Crippen molar-refractivity contribution in [3.63, 3.8) is 0 Å². The van der Waals surface area contributed by atoms with Crippen molar-refractivity contribution in [1.29, 1.82) is 0 Å². The highest BCUT2D eigenvalue weighted by Gasteiger charge is 2.19. The van der Waals surface area contributed by atoms with Gasteiger partial charge in [0, 0.05) is 19.3 Å². The maximum absolute atomic E-state index is 12.7. The van der Waals surface area contributed by atoms with Crippen LogP contribution in [-0.4, -0.2) is 37.2 Å². The van der Waals surface area contributed by atoms with Crippen LogP contribution in [0.5, 0.6) is 0 Å². The fourth-order valence-corrected chi connectivity index (χ4v) is 6.10. The van der Waals surface area contributed by atoms with Gasteiger partial charge in [0.15, 0.2) is 6.10 Å². The second-order valence-electron chi connectivity index (χ2n) is 15.3. The van der Waals surface area contributed by atoms with Crippen LogP contribution >= 0.6 is 0 Å². The molecule has 0 aromatic rings. The third kappa shape index (κ3) is 45.2. The first-order valence-electron chi connectivity index (χ1n) is 24.0. The molecule has 60 heavy (non-hydrogen) atoms. The normalized spacial score (nSPS) is 13.1. The van der Waals surface area contributed by atoms with Gasteiger partial charge < -0.3 is 14.2 Å². The molecule has 0 aliphatic rings. The van der Waals surface area contributed by atoms with Gasteiger partial charge in [-0.15, -0.1) is 0 Å². The molecule has 0 saturated heterocycles. The molecule has 0 bridgehead atoms. The van der Waals surface area contributed by atoms with Gasteiger partial charge in [-0.25, -0.2) is 0 Å². The van der Waals surface area contributed by atoms with Crippen molar-refractivity contribution in [1.82, 2.24) is 0 Å². The maximum atomic E-state index is 12.7. The highest BCUT2D eigenvalue weighted by atomic mass is 16.6. The van der Waals surface area contributed by atoms with Crippen molar-refractivity contribution >= 4 is 17.9 Å². The van der Waals surface area contributed by atoms with E-state index >= 15 is 0 Å². The van der Waals surface area contributed by atoms with E-state index in [4.69, 9.17) is 14.2 Å². The van der Waals surface area contributed by atoms with Crippen molar-refractivity contribution in [2.75, 3.05) is 13.2 Å². The van der Waals surface area contributed by atoms with Crippen LogP contribution in [0, 0.1) is 0 Å². The molecule has 0 N–H and O–H groups in total. The Labute approximate surface area is 368 Å². The van der Waals surface area contributed by atoms with E-state index in [0.717, 1.165) is 141 Å². The van der Waals surface area contributed by atoms with Crippen LogP contribution in [0.15, 0.2) is 109 Å². The van der Waals surface area contributed by atoms with Gasteiger partial charge >= 0.3 is 17.9 Å². The fraction of sp³-hybridized carbons (Fsp3) is 0.611. The number of rotatable bonds is 41. The largest absolute Gasteiger partial charge is 0.462 e. The number of allylic oxidation sites excluding steroid dienone is 18. The van der Waals surface area contributed by atoms with Crippen LogP contribution in [0.3, 0.4) is 0 Å². The number of carbonyl (C=O) groups excluding carboxylic acids is 3. The summed E-state index contributed by atoms with van der Waals surface area (Å²) < 4.78 is 16.7. The van der Waals surface area contributed by atoms with Gasteiger partial charge in [0.1, 0.15) is 13.2 Å². The minimum absolute atomic E-state index is 0.103. The number of ether oxygens (including phenoxy) is 3. The summed E-state index contributed by atoms with van der Waals surface area (Å²) in [7, 11) is 0. The second kappa shape index (κ2) is 47.7. The summed E-state index contributed by atoms with van der Waals surface area (Å²) >= 11 is 0. The molecule has 0 rings (SSSR count). The average molecular weight is 831 g/mol. The lowest BCUT2D eigenvalue weighted by molar-refractivity contribution is -0.167. The summed E-state index contributed by atoms with van der Waals surface area (Å²) in [5.74, 6) is -0.966. The van der Waals surface area contributed by atoms with Crippen LogP contribution in [0.1, 0.15) is 194 Å². The Morgan fingerprint density at radius 2 is 0.683 bits per heavy atom. The van der Waals surface area contributed by atoms with E-state index < -0.39 is 6.10 Å². The fourth-order valence-electron chi connectivity index (χ4n) is 6.10. The second-order valence-corrected chi connectivity index (χ2v) is 15.3. The molecule has 0 aliphatic carbocycles. The molecule has 6 heteroatoms. The molecule has 0 aromatic carbocycles. The number of carbonyl (C=O) groups is 3. The van der Waals surface area contributed by atoms with Crippen LogP contribution in [0.25, 0.3) is 0 Å². The lowest BCUT2D eigenvalue weighted by Gasteiger charge is -2.18. The molecule has 0 aromatic heterocycles. The summed E-state index contributed by atoms with van der Waals surface area (Å²) in [4.78, 5) is 37.9. The lowest BCUT2D eigenvalue weighted by Crippen LogP contribution is -2.30. The van der Waals surface area contributed by atoms with E-state index in [0.29, 0.717) is 19.3 Å². The summed E-state index contributed by atoms with van der Waals surface area (Å²) in [6.07, 6.45) is 63.5. The molecule has 338 valence electrons. The van der Waals surface area contributed by atoms with Crippen molar-refractivity contribution in [2.24, 2.45) is 0 Å². The van der Waals surface area contributed by atoms with Gasteiger partial charge in [0.05, 0.1) is 0 Å². The zero-order valence-corrected chi connectivity index (χ0v) is 38.4. The predicted molar refractivity (Wildman–Crippen MR) is 256 cm³/mol. The van der Waals surface area contributed by atoms with E-state index in [2.05, 4.69) is 118 Å². The molecule has 0 heterocycles. The summed E-state index contributed by atoms with van der Waals surface area (Å²) in [6.45, 7) is 6.19. The van der Waals surface area contributed by atoms with Crippen LogP contribution in [0.4, 0.5) is 0 Å². The third-order valence-corrected chi connectivity index (χ3v) is 9.63. The molecule has 1 unspecified atom stereocenters. The third-order valence-electron chi connectivity index (χ3n) is 9.63. The monoisotopic (exact) mass is 831 g/mol. The maximum Gasteiger partial charge on any atom is 0.306 e. The number of hydrogen-bond acceptors (Lipinski definition) is 6. The zero-order valence-electron chi connectivity index (χ0n) is 38.4. The van der Waals surface area contributed by atoms with Crippen molar-refractivity contribution in [2.45, 2.75) is 200 Å². The number of unbranched alkanes of at least 4 members (excludes halogenated alkanes) is 16. The Hall–Kier alpha value is -3.93. The summed E-state index contributed by atoms with van der Waals surface area (Å²) in [5.41, 5.74) is 0. The standard InChI is InChI=1S/C54H86O6/c1-4-7-10-13-16-19-22-25-26-27-30-32-35-38-41-44-47-53(56)59-50-51(60-54(57)48-45-42-39-36-33-29-24-21-18-15-12-9-6-3)49-58-52(55)46-43-40-37-34-31-28-23-20-17-14-11-8-5-2/h7-12,14-21,23-26,51H,4-6,13,22,27-50H2,1-3H3/b10-7-,11-8-,12-9-,17-14-,18-15-,19-16-,23-20-,24-21-,26-25-. The quantitative estimate of drug-likeness (QED) is 0.0201. The van der Waals surface area contributed by atoms with Gasteiger partial charge in [0.2, 0.25) is 0 Å². The minimum Gasteiger partial charge on any atom is -0.462 e. The Balaban J connectivity index is 4.48. The molecule has 0 spiro atoms. The van der Waals surface area contributed by atoms with Crippen LogP contribution < -0.4 is 0 Å². The van der Waals surface area contributed by atoms with Gasteiger partial charge in [-0.05, 0) is 89.9 Å². The van der Waals surface area contributed by atoms with Crippen molar-refractivity contribution in [3.05, 3.63) is 109 Å². The Morgan fingerprint density at radius 3 is 1.12 bits per heavy atom. The highest BCUT2D eigenvalue weighted by Crippen LogP contribution is 2.13. The van der Waals surface area contributed by atoms with E-state index in [1.165, 1.54) is 12.8 Å². The molecule has 0 fully saturated rings. The number of esters is 3. The first-order valence-corrected chi connectivity index (χ1v) is 24.0. The smallest absolute Gasteiger partial charge is 0.306 e.